The SMILES string of the molecule is CCCCCCCCCCc1cc(C(C)c2ccccc2)c(O)c(S(=O)(=O)O)c1. The Bertz CT molecular complexity index is 860. The highest BCUT2D eigenvalue weighted by Crippen LogP contribution is 2.37. The number of unbranched alkanes of at least 4 members (excludes halogenated alkanes) is 7. The fraction of sp³-hybridized carbons (Fsp3) is 0.500. The molecule has 0 aliphatic rings. The summed E-state index contributed by atoms with van der Waals surface area (Å²) in [4.78, 5) is -0.396. The second-order valence-corrected chi connectivity index (χ2v) is 9.25. The Balaban J connectivity index is 2.12. The minimum absolute atomic E-state index is 0.185. The van der Waals surface area contributed by atoms with Crippen LogP contribution in [0.2, 0.25) is 0 Å². The van der Waals surface area contributed by atoms with Crippen molar-refractivity contribution in [1.29, 1.82) is 0 Å². The summed E-state index contributed by atoms with van der Waals surface area (Å²) in [5, 5.41) is 10.6. The largest absolute Gasteiger partial charge is 0.506 e. The average molecular weight is 419 g/mol. The maximum atomic E-state index is 11.8. The predicted octanol–water partition coefficient (Wildman–Crippen LogP) is 6.47. The highest BCUT2D eigenvalue weighted by molar-refractivity contribution is 7.86. The van der Waals surface area contributed by atoms with Crippen LogP contribution in [0.1, 0.15) is 87.8 Å². The van der Waals surface area contributed by atoms with Crippen LogP contribution < -0.4 is 0 Å². The first-order valence-corrected chi connectivity index (χ1v) is 12.2. The lowest BCUT2D eigenvalue weighted by Gasteiger charge is -2.18. The molecule has 5 heteroatoms. The lowest BCUT2D eigenvalue weighted by Crippen LogP contribution is -2.05. The van der Waals surface area contributed by atoms with Gasteiger partial charge in [0.15, 0.2) is 0 Å². The van der Waals surface area contributed by atoms with Crippen molar-refractivity contribution in [1.82, 2.24) is 0 Å². The predicted molar refractivity (Wildman–Crippen MR) is 118 cm³/mol. The lowest BCUT2D eigenvalue weighted by molar-refractivity contribution is 0.436. The first-order chi connectivity index (χ1) is 13.8. The van der Waals surface area contributed by atoms with Crippen molar-refractivity contribution in [3.8, 4) is 5.75 Å². The molecule has 0 spiro atoms. The smallest absolute Gasteiger partial charge is 0.298 e. The number of phenols is 1. The van der Waals surface area contributed by atoms with Gasteiger partial charge in [-0.2, -0.15) is 8.42 Å². The van der Waals surface area contributed by atoms with Crippen LogP contribution in [0.3, 0.4) is 0 Å². The van der Waals surface area contributed by atoms with E-state index in [0.29, 0.717) is 5.56 Å². The van der Waals surface area contributed by atoms with Crippen LogP contribution in [-0.4, -0.2) is 18.1 Å². The Kier molecular flexibility index (Phi) is 9.18. The Hall–Kier alpha value is -1.85. The van der Waals surface area contributed by atoms with Crippen LogP contribution in [0.5, 0.6) is 5.75 Å². The standard InChI is InChI=1S/C24H34O4S/c1-3-4-5-6-7-8-9-11-14-20-17-22(19(2)21-15-12-10-13-16-21)24(25)23(18-20)29(26,27)28/h10,12-13,15-19,25H,3-9,11,14H2,1-2H3,(H,26,27,28). The maximum absolute atomic E-state index is 11.8. The highest BCUT2D eigenvalue weighted by Gasteiger charge is 2.23. The van der Waals surface area contributed by atoms with Crippen LogP contribution >= 0.6 is 0 Å². The number of hydrogen-bond acceptors (Lipinski definition) is 3. The molecule has 0 saturated carbocycles. The van der Waals surface area contributed by atoms with E-state index < -0.39 is 15.0 Å². The fourth-order valence-electron chi connectivity index (χ4n) is 3.74. The van der Waals surface area contributed by atoms with Crippen LogP contribution in [0.4, 0.5) is 0 Å². The number of benzene rings is 2. The van der Waals surface area contributed by atoms with Crippen LogP contribution in [0, 0.1) is 0 Å². The second kappa shape index (κ2) is 11.4. The van der Waals surface area contributed by atoms with Crippen molar-refractivity contribution in [3.05, 3.63) is 59.2 Å². The zero-order valence-corrected chi connectivity index (χ0v) is 18.4. The Labute approximate surface area is 175 Å². The summed E-state index contributed by atoms with van der Waals surface area (Å²) in [6, 6.07) is 12.9. The number of aryl methyl sites for hydroxylation is 1. The van der Waals surface area contributed by atoms with E-state index in [9.17, 15) is 18.1 Å². The molecule has 160 valence electrons. The van der Waals surface area contributed by atoms with Gasteiger partial charge in [0.05, 0.1) is 0 Å². The zero-order chi connectivity index (χ0) is 21.3. The van der Waals surface area contributed by atoms with Gasteiger partial charge in [0, 0.05) is 11.5 Å². The fourth-order valence-corrected chi connectivity index (χ4v) is 4.41. The lowest BCUT2D eigenvalue weighted by atomic mass is 9.90. The van der Waals surface area contributed by atoms with Crippen molar-refractivity contribution in [2.45, 2.75) is 82.4 Å². The molecule has 4 nitrogen and oxygen atoms in total. The van der Waals surface area contributed by atoms with E-state index in [1.54, 1.807) is 0 Å². The summed E-state index contributed by atoms with van der Waals surface area (Å²) in [5.41, 5.74) is 2.34. The first kappa shape index (κ1) is 23.4. The van der Waals surface area contributed by atoms with E-state index in [4.69, 9.17) is 0 Å². The van der Waals surface area contributed by atoms with E-state index in [0.717, 1.165) is 30.4 Å². The Morgan fingerprint density at radius 1 is 0.897 bits per heavy atom. The second-order valence-electron chi connectivity index (χ2n) is 7.86. The molecule has 1 unspecified atom stereocenters. The minimum Gasteiger partial charge on any atom is -0.506 e. The molecule has 0 aromatic heterocycles. The molecule has 0 aliphatic heterocycles. The molecule has 2 aromatic rings. The molecule has 0 bridgehead atoms. The maximum Gasteiger partial charge on any atom is 0.298 e. The van der Waals surface area contributed by atoms with Gasteiger partial charge in [-0.15, -0.1) is 0 Å². The van der Waals surface area contributed by atoms with Gasteiger partial charge >= 0.3 is 0 Å². The van der Waals surface area contributed by atoms with E-state index in [2.05, 4.69) is 6.92 Å². The van der Waals surface area contributed by atoms with Crippen LogP contribution in [-0.2, 0) is 16.5 Å². The summed E-state index contributed by atoms with van der Waals surface area (Å²) in [6.45, 7) is 4.14. The van der Waals surface area contributed by atoms with Crippen molar-refractivity contribution in [2.24, 2.45) is 0 Å². The van der Waals surface area contributed by atoms with Gasteiger partial charge in [0.25, 0.3) is 10.1 Å². The quantitative estimate of drug-likeness (QED) is 0.306. The number of rotatable bonds is 12. The van der Waals surface area contributed by atoms with E-state index >= 15 is 0 Å². The molecule has 2 N–H and O–H groups in total. The number of hydrogen-bond donors (Lipinski definition) is 2. The Morgan fingerprint density at radius 3 is 2.07 bits per heavy atom. The average Bonchev–Trinajstić information content (AvgIpc) is 2.70. The normalized spacial score (nSPS) is 12.8. The molecule has 0 saturated heterocycles. The van der Waals surface area contributed by atoms with Gasteiger partial charge in [-0.05, 0) is 30.0 Å². The van der Waals surface area contributed by atoms with E-state index in [1.165, 1.54) is 44.6 Å². The summed E-state index contributed by atoms with van der Waals surface area (Å²) in [7, 11) is -4.49. The van der Waals surface area contributed by atoms with Gasteiger partial charge in [0.1, 0.15) is 10.6 Å². The summed E-state index contributed by atoms with van der Waals surface area (Å²) < 4.78 is 33.2. The number of phenolic OH excluding ortho intramolecular Hbond substituents is 1. The summed E-state index contributed by atoms with van der Waals surface area (Å²) in [5.74, 6) is -0.543. The molecule has 0 fully saturated rings. The molecular weight excluding hydrogens is 384 g/mol. The van der Waals surface area contributed by atoms with Gasteiger partial charge < -0.3 is 5.11 Å². The van der Waals surface area contributed by atoms with Crippen molar-refractivity contribution < 1.29 is 18.1 Å². The van der Waals surface area contributed by atoms with Crippen molar-refractivity contribution in [3.63, 3.8) is 0 Å². The summed E-state index contributed by atoms with van der Waals surface area (Å²) in [6.07, 6.45) is 10.3. The molecule has 0 radical (unpaired) electrons. The molecular formula is C24H34O4S. The first-order valence-electron chi connectivity index (χ1n) is 10.7. The minimum atomic E-state index is -4.49. The summed E-state index contributed by atoms with van der Waals surface area (Å²) >= 11 is 0. The molecule has 0 amide bonds. The third kappa shape index (κ3) is 7.16. The van der Waals surface area contributed by atoms with E-state index in [-0.39, 0.29) is 11.7 Å². The highest BCUT2D eigenvalue weighted by atomic mass is 32.2. The number of aromatic hydroxyl groups is 1. The monoisotopic (exact) mass is 418 g/mol. The van der Waals surface area contributed by atoms with E-state index in [1.807, 2.05) is 43.3 Å². The Morgan fingerprint density at radius 2 is 1.48 bits per heavy atom. The molecule has 1 atom stereocenters. The topological polar surface area (TPSA) is 74.6 Å². The van der Waals surface area contributed by atoms with Crippen LogP contribution in [0.15, 0.2) is 47.4 Å². The van der Waals surface area contributed by atoms with Crippen molar-refractivity contribution >= 4 is 10.1 Å². The third-order valence-electron chi connectivity index (χ3n) is 5.53. The molecule has 2 aromatic carbocycles. The van der Waals surface area contributed by atoms with Gasteiger partial charge in [-0.25, -0.2) is 0 Å². The third-order valence-corrected chi connectivity index (χ3v) is 6.39. The van der Waals surface area contributed by atoms with Crippen molar-refractivity contribution in [2.75, 3.05) is 0 Å². The zero-order valence-electron chi connectivity index (χ0n) is 17.6. The molecule has 0 heterocycles. The molecule has 0 aliphatic carbocycles. The molecule has 29 heavy (non-hydrogen) atoms. The molecule has 2 rings (SSSR count). The van der Waals surface area contributed by atoms with Gasteiger partial charge in [-0.3, -0.25) is 4.55 Å². The van der Waals surface area contributed by atoms with Crippen LogP contribution in [0.25, 0.3) is 0 Å². The van der Waals surface area contributed by atoms with Gasteiger partial charge in [0.2, 0.25) is 0 Å². The van der Waals surface area contributed by atoms with Gasteiger partial charge in [-0.1, -0.05) is 95.2 Å².